The Labute approximate surface area is 151 Å². The lowest BCUT2D eigenvalue weighted by Gasteiger charge is -2.22. The Kier molecular flexibility index (Phi) is 5.83. The number of aromatic nitrogens is 2. The molecule has 0 unspecified atom stereocenters. The van der Waals surface area contributed by atoms with E-state index in [9.17, 15) is 10.1 Å². The third-order valence-corrected chi connectivity index (χ3v) is 4.42. The topological polar surface area (TPSA) is 99.4 Å². The first-order valence-electron chi connectivity index (χ1n) is 8.70. The van der Waals surface area contributed by atoms with Crippen LogP contribution in [-0.4, -0.2) is 28.1 Å². The average molecular weight is 358 g/mol. The number of hydrogen-bond acceptors (Lipinski definition) is 7. The molecule has 1 N–H and O–H groups in total. The summed E-state index contributed by atoms with van der Waals surface area (Å²) in [4.78, 5) is 19.1. The zero-order valence-electron chi connectivity index (χ0n) is 14.7. The van der Waals surface area contributed by atoms with Crippen molar-refractivity contribution in [3.05, 3.63) is 46.3 Å². The predicted octanol–water partition coefficient (Wildman–Crippen LogP) is 3.72. The van der Waals surface area contributed by atoms with Crippen molar-refractivity contribution in [2.24, 2.45) is 0 Å². The molecule has 0 radical (unpaired) electrons. The Morgan fingerprint density at radius 3 is 2.58 bits per heavy atom. The van der Waals surface area contributed by atoms with E-state index in [1.54, 1.807) is 7.11 Å². The average Bonchev–Trinajstić information content (AvgIpc) is 2.67. The highest BCUT2D eigenvalue weighted by atomic mass is 16.6. The lowest BCUT2D eigenvalue weighted by atomic mass is 9.98. The van der Waals surface area contributed by atoms with Crippen molar-refractivity contribution in [3.63, 3.8) is 0 Å². The van der Waals surface area contributed by atoms with Crippen LogP contribution in [-0.2, 0) is 6.54 Å². The van der Waals surface area contributed by atoms with Gasteiger partial charge in [-0.1, -0.05) is 18.6 Å². The molecule has 3 rings (SSSR count). The fourth-order valence-corrected chi connectivity index (χ4v) is 3.01. The van der Waals surface area contributed by atoms with E-state index >= 15 is 0 Å². The van der Waals surface area contributed by atoms with Gasteiger partial charge >= 0.3 is 5.69 Å². The van der Waals surface area contributed by atoms with Crippen molar-refractivity contribution in [3.8, 4) is 11.6 Å². The summed E-state index contributed by atoms with van der Waals surface area (Å²) in [6.45, 7) is 0.394. The van der Waals surface area contributed by atoms with E-state index in [-0.39, 0.29) is 23.5 Å². The van der Waals surface area contributed by atoms with Gasteiger partial charge in [0.15, 0.2) is 0 Å². The number of benzene rings is 1. The molecule has 0 aliphatic heterocycles. The molecule has 1 aromatic heterocycles. The van der Waals surface area contributed by atoms with Crippen molar-refractivity contribution >= 4 is 11.5 Å². The summed E-state index contributed by atoms with van der Waals surface area (Å²) in [7, 11) is 1.60. The summed E-state index contributed by atoms with van der Waals surface area (Å²) in [6, 6.07) is 7.45. The largest absolute Gasteiger partial charge is 0.497 e. The summed E-state index contributed by atoms with van der Waals surface area (Å²) in [5.41, 5.74) is 0.736. The molecule has 8 nitrogen and oxygen atoms in total. The van der Waals surface area contributed by atoms with Crippen LogP contribution in [0.2, 0.25) is 0 Å². The highest BCUT2D eigenvalue weighted by Gasteiger charge is 2.27. The molecular formula is C18H22N4O4. The minimum atomic E-state index is -0.492. The highest BCUT2D eigenvalue weighted by Crippen LogP contribution is 2.33. The van der Waals surface area contributed by atoms with Crippen molar-refractivity contribution in [2.75, 3.05) is 12.4 Å². The van der Waals surface area contributed by atoms with Gasteiger partial charge in [0.05, 0.1) is 12.0 Å². The number of nitro groups is 1. The predicted molar refractivity (Wildman–Crippen MR) is 96.5 cm³/mol. The molecule has 26 heavy (non-hydrogen) atoms. The molecular weight excluding hydrogens is 336 g/mol. The Morgan fingerprint density at radius 1 is 1.19 bits per heavy atom. The Bertz CT molecular complexity index is 745. The van der Waals surface area contributed by atoms with Crippen molar-refractivity contribution < 1.29 is 14.4 Å². The molecule has 2 aromatic rings. The molecule has 0 bridgehead atoms. The maximum Gasteiger partial charge on any atom is 0.372 e. The summed E-state index contributed by atoms with van der Waals surface area (Å²) in [5, 5.41) is 14.6. The minimum absolute atomic E-state index is 0.0215. The first-order chi connectivity index (χ1) is 12.7. The summed E-state index contributed by atoms with van der Waals surface area (Å²) >= 11 is 0. The van der Waals surface area contributed by atoms with Crippen molar-refractivity contribution in [1.29, 1.82) is 0 Å². The lowest BCUT2D eigenvalue weighted by molar-refractivity contribution is -0.385. The standard InChI is InChI=1S/C18H22N4O4/c1-25-14-9-7-13(8-10-14)11-19-17-16(22(23)24)18(21-12-20-17)26-15-5-3-2-4-6-15/h7-10,12,15H,2-6,11H2,1H3,(H,19,20,21). The van der Waals surface area contributed by atoms with Crippen LogP contribution in [0.25, 0.3) is 0 Å². The van der Waals surface area contributed by atoms with Gasteiger partial charge in [0.1, 0.15) is 18.2 Å². The summed E-state index contributed by atoms with van der Waals surface area (Å²) in [6.07, 6.45) is 6.40. The lowest BCUT2D eigenvalue weighted by Crippen LogP contribution is -2.21. The maximum absolute atomic E-state index is 11.6. The van der Waals surface area contributed by atoms with E-state index in [4.69, 9.17) is 9.47 Å². The molecule has 1 aliphatic carbocycles. The van der Waals surface area contributed by atoms with Crippen LogP contribution in [0, 0.1) is 10.1 Å². The van der Waals surface area contributed by atoms with Gasteiger partial charge in [-0.25, -0.2) is 4.98 Å². The van der Waals surface area contributed by atoms with Gasteiger partial charge in [0.25, 0.3) is 5.88 Å². The third kappa shape index (κ3) is 4.38. The number of rotatable bonds is 7. The molecule has 1 aromatic carbocycles. The van der Waals surface area contributed by atoms with Crippen LogP contribution >= 0.6 is 0 Å². The molecule has 1 aliphatic rings. The monoisotopic (exact) mass is 358 g/mol. The number of hydrogen-bond donors (Lipinski definition) is 1. The molecule has 0 atom stereocenters. The number of nitrogens with zero attached hydrogens (tertiary/aromatic N) is 3. The van der Waals surface area contributed by atoms with Gasteiger partial charge in [-0.15, -0.1) is 0 Å². The second-order valence-corrected chi connectivity index (χ2v) is 6.21. The Hall–Kier alpha value is -2.90. The maximum atomic E-state index is 11.6. The third-order valence-electron chi connectivity index (χ3n) is 4.42. The zero-order valence-corrected chi connectivity index (χ0v) is 14.7. The normalized spacial score (nSPS) is 14.7. The second-order valence-electron chi connectivity index (χ2n) is 6.21. The molecule has 0 saturated heterocycles. The van der Waals surface area contributed by atoms with Crippen LogP contribution in [0.4, 0.5) is 11.5 Å². The number of nitrogens with one attached hydrogen (secondary N) is 1. The van der Waals surface area contributed by atoms with E-state index in [2.05, 4.69) is 15.3 Å². The van der Waals surface area contributed by atoms with E-state index in [1.807, 2.05) is 24.3 Å². The second kappa shape index (κ2) is 8.46. The van der Waals surface area contributed by atoms with Gasteiger partial charge in [0.2, 0.25) is 5.82 Å². The molecule has 0 amide bonds. The highest BCUT2D eigenvalue weighted by molar-refractivity contribution is 5.61. The van der Waals surface area contributed by atoms with Gasteiger partial charge in [-0.3, -0.25) is 10.1 Å². The van der Waals surface area contributed by atoms with Crippen molar-refractivity contribution in [1.82, 2.24) is 9.97 Å². The SMILES string of the molecule is COc1ccc(CNc2ncnc(OC3CCCCC3)c2[N+](=O)[O-])cc1. The van der Waals surface area contributed by atoms with E-state index < -0.39 is 4.92 Å². The van der Waals surface area contributed by atoms with Crippen molar-refractivity contribution in [2.45, 2.75) is 44.8 Å². The first kappa shape index (κ1) is 17.9. The van der Waals surface area contributed by atoms with Gasteiger partial charge in [-0.05, 0) is 43.4 Å². The zero-order chi connectivity index (χ0) is 18.4. The molecule has 1 saturated carbocycles. The van der Waals surface area contributed by atoms with Crippen LogP contribution in [0.15, 0.2) is 30.6 Å². The summed E-state index contributed by atoms with van der Waals surface area (Å²) < 4.78 is 10.9. The van der Waals surface area contributed by atoms with Crippen LogP contribution in [0.5, 0.6) is 11.6 Å². The molecule has 8 heteroatoms. The molecule has 138 valence electrons. The quantitative estimate of drug-likeness (QED) is 0.595. The van der Waals surface area contributed by atoms with Crippen LogP contribution < -0.4 is 14.8 Å². The fraction of sp³-hybridized carbons (Fsp3) is 0.444. The first-order valence-corrected chi connectivity index (χ1v) is 8.70. The van der Waals surface area contributed by atoms with E-state index in [0.717, 1.165) is 37.0 Å². The van der Waals surface area contributed by atoms with Crippen LogP contribution in [0.1, 0.15) is 37.7 Å². The molecule has 1 heterocycles. The number of methoxy groups -OCH3 is 1. The number of ether oxygens (including phenoxy) is 2. The Balaban J connectivity index is 1.74. The van der Waals surface area contributed by atoms with E-state index in [1.165, 1.54) is 12.7 Å². The van der Waals surface area contributed by atoms with Gasteiger partial charge < -0.3 is 14.8 Å². The Morgan fingerprint density at radius 2 is 1.92 bits per heavy atom. The van der Waals surface area contributed by atoms with Gasteiger partial charge in [-0.2, -0.15) is 4.98 Å². The van der Waals surface area contributed by atoms with Gasteiger partial charge in [0, 0.05) is 6.54 Å². The molecule has 0 spiro atoms. The number of anilines is 1. The summed E-state index contributed by atoms with van der Waals surface area (Å²) in [5.74, 6) is 0.950. The van der Waals surface area contributed by atoms with Crippen LogP contribution in [0.3, 0.4) is 0 Å². The minimum Gasteiger partial charge on any atom is -0.497 e. The fourth-order valence-electron chi connectivity index (χ4n) is 3.01. The smallest absolute Gasteiger partial charge is 0.372 e. The van der Waals surface area contributed by atoms with E-state index in [0.29, 0.717) is 6.54 Å². The molecule has 1 fully saturated rings.